The second-order valence-electron chi connectivity index (χ2n) is 5.89. The summed E-state index contributed by atoms with van der Waals surface area (Å²) in [5, 5.41) is 8.77. The van der Waals surface area contributed by atoms with Gasteiger partial charge in [0.05, 0.1) is 11.8 Å². The molecule has 0 bridgehead atoms. The fourth-order valence-electron chi connectivity index (χ4n) is 2.69. The van der Waals surface area contributed by atoms with Crippen LogP contribution in [0.25, 0.3) is 0 Å². The Morgan fingerprint density at radius 2 is 2.15 bits per heavy atom. The van der Waals surface area contributed by atoms with Crippen LogP contribution in [0.2, 0.25) is 0 Å². The van der Waals surface area contributed by atoms with Crippen molar-refractivity contribution in [2.24, 2.45) is 10.7 Å². The van der Waals surface area contributed by atoms with Crippen molar-refractivity contribution in [1.29, 1.82) is 5.26 Å². The molecule has 2 N–H and O–H groups in total. The van der Waals surface area contributed by atoms with E-state index in [1.165, 1.54) is 36.5 Å². The average molecular weight is 368 g/mol. The van der Waals surface area contributed by atoms with Gasteiger partial charge in [-0.1, -0.05) is 6.07 Å². The number of alkyl halides is 1. The first-order valence-electron chi connectivity index (χ1n) is 7.91. The Kier molecular flexibility index (Phi) is 4.94. The first-order chi connectivity index (χ1) is 13.0. The van der Waals surface area contributed by atoms with E-state index in [4.69, 9.17) is 15.7 Å². The third-order valence-corrected chi connectivity index (χ3v) is 4.09. The smallest absolute Gasteiger partial charge is 0.288 e. The zero-order chi connectivity index (χ0) is 19.4. The van der Waals surface area contributed by atoms with Crippen molar-refractivity contribution in [2.45, 2.75) is 12.0 Å². The Labute approximate surface area is 153 Å². The number of Topliss-reactive ketones (excluding diaryl/α,β-unsaturated/α-hetero) is 1. The van der Waals surface area contributed by atoms with Gasteiger partial charge in [-0.05, 0) is 35.9 Å². The van der Waals surface area contributed by atoms with Crippen molar-refractivity contribution in [3.05, 3.63) is 77.1 Å². The topological polar surface area (TPSA) is 101 Å². The zero-order valence-electron chi connectivity index (χ0n) is 14.0. The number of rotatable bonds is 5. The number of halogens is 2. The minimum absolute atomic E-state index is 0.0504. The molecule has 1 aromatic heterocycles. The maximum Gasteiger partial charge on any atom is 0.288 e. The lowest BCUT2D eigenvalue weighted by atomic mass is 9.89. The highest BCUT2D eigenvalue weighted by molar-refractivity contribution is 5.95. The first kappa shape index (κ1) is 18.2. The quantitative estimate of drug-likeness (QED) is 0.817. The molecule has 0 aliphatic carbocycles. The van der Waals surface area contributed by atoms with E-state index in [-0.39, 0.29) is 29.5 Å². The molecule has 2 aromatic rings. The van der Waals surface area contributed by atoms with Crippen LogP contribution in [-0.4, -0.2) is 23.5 Å². The van der Waals surface area contributed by atoms with Crippen molar-refractivity contribution in [3.63, 3.8) is 0 Å². The molecule has 8 heteroatoms. The Morgan fingerprint density at radius 1 is 1.33 bits per heavy atom. The molecule has 0 radical (unpaired) electrons. The predicted molar refractivity (Wildman–Crippen MR) is 92.9 cm³/mol. The maximum atomic E-state index is 14.4. The average Bonchev–Trinajstić information content (AvgIpc) is 2.69. The van der Waals surface area contributed by atoms with E-state index in [2.05, 4.69) is 9.98 Å². The molecule has 136 valence electrons. The minimum Gasteiger partial charge on any atom is -0.434 e. The summed E-state index contributed by atoms with van der Waals surface area (Å²) in [5.74, 6) is -1.000. The van der Waals surface area contributed by atoms with E-state index in [9.17, 15) is 13.6 Å². The van der Waals surface area contributed by atoms with Crippen LogP contribution in [0.3, 0.4) is 0 Å². The number of aliphatic imine (C=N–C) groups is 1. The summed E-state index contributed by atoms with van der Waals surface area (Å²) in [4.78, 5) is 20.2. The van der Waals surface area contributed by atoms with Gasteiger partial charge in [0, 0.05) is 18.2 Å². The lowest BCUT2D eigenvalue weighted by molar-refractivity contribution is 0.0988. The van der Waals surface area contributed by atoms with Crippen molar-refractivity contribution < 1.29 is 18.3 Å². The Bertz CT molecular complexity index is 980. The standard InChI is InChI=1S/C19H14F2N4O2/c20-11-19(5-6-27-18(23)25-19)14-7-12(1-3-15(14)21)8-17(26)16-4-2-13(9-22)10-24-16/h1-7,10H,8,11H2,(H2,23,25)/t19-/m1/s1. The lowest BCUT2D eigenvalue weighted by Gasteiger charge is -2.27. The summed E-state index contributed by atoms with van der Waals surface area (Å²) in [6.45, 7) is -1.03. The first-order valence-corrected chi connectivity index (χ1v) is 7.91. The van der Waals surface area contributed by atoms with E-state index < -0.39 is 18.0 Å². The molecule has 3 rings (SSSR count). The number of aromatic nitrogens is 1. The van der Waals surface area contributed by atoms with Gasteiger partial charge in [-0.2, -0.15) is 5.26 Å². The number of nitrogens with zero attached hydrogens (tertiary/aromatic N) is 3. The summed E-state index contributed by atoms with van der Waals surface area (Å²) >= 11 is 0. The molecule has 1 aromatic carbocycles. The second-order valence-corrected chi connectivity index (χ2v) is 5.89. The number of carbonyl (C=O) groups is 1. The van der Waals surface area contributed by atoms with Crippen molar-refractivity contribution in [1.82, 2.24) is 4.98 Å². The number of ketones is 1. The van der Waals surface area contributed by atoms with Crippen LogP contribution in [0.4, 0.5) is 8.78 Å². The van der Waals surface area contributed by atoms with Crippen molar-refractivity contribution in [3.8, 4) is 6.07 Å². The molecule has 2 heterocycles. The molecule has 0 amide bonds. The molecule has 0 saturated carbocycles. The van der Waals surface area contributed by atoms with Crippen LogP contribution in [0, 0.1) is 17.1 Å². The number of benzene rings is 1. The van der Waals surface area contributed by atoms with Crippen molar-refractivity contribution in [2.75, 3.05) is 6.67 Å². The van der Waals surface area contributed by atoms with Gasteiger partial charge in [-0.3, -0.25) is 9.78 Å². The van der Waals surface area contributed by atoms with Crippen LogP contribution in [0.5, 0.6) is 0 Å². The second kappa shape index (κ2) is 7.33. The number of amidine groups is 1. The highest BCUT2D eigenvalue weighted by atomic mass is 19.1. The summed E-state index contributed by atoms with van der Waals surface area (Å²) < 4.78 is 33.0. The normalized spacial score (nSPS) is 18.3. The summed E-state index contributed by atoms with van der Waals surface area (Å²) in [5.41, 5.74) is 4.77. The van der Waals surface area contributed by atoms with E-state index >= 15 is 0 Å². The predicted octanol–water partition coefficient (Wildman–Crippen LogP) is 2.54. The highest BCUT2D eigenvalue weighted by Gasteiger charge is 2.35. The lowest BCUT2D eigenvalue weighted by Crippen LogP contribution is -2.32. The van der Waals surface area contributed by atoms with Gasteiger partial charge in [0.1, 0.15) is 29.8 Å². The minimum atomic E-state index is -1.64. The molecular weight excluding hydrogens is 354 g/mol. The van der Waals surface area contributed by atoms with Crippen LogP contribution in [0.15, 0.2) is 53.9 Å². The van der Waals surface area contributed by atoms with Crippen molar-refractivity contribution >= 4 is 11.8 Å². The molecular formula is C19H14F2N4O2. The van der Waals surface area contributed by atoms with Gasteiger partial charge in [0.15, 0.2) is 5.78 Å². The number of pyridine rings is 1. The van der Waals surface area contributed by atoms with Crippen LogP contribution in [-0.2, 0) is 16.7 Å². The zero-order valence-corrected chi connectivity index (χ0v) is 14.0. The summed E-state index contributed by atoms with van der Waals surface area (Å²) in [6.07, 6.45) is 3.65. The Hall–Kier alpha value is -3.60. The fraction of sp³-hybridized carbons (Fsp3) is 0.158. The third-order valence-electron chi connectivity index (χ3n) is 4.09. The van der Waals surface area contributed by atoms with E-state index in [0.29, 0.717) is 11.1 Å². The van der Waals surface area contributed by atoms with Crippen LogP contribution in [0.1, 0.15) is 27.2 Å². The Balaban J connectivity index is 1.91. The largest absolute Gasteiger partial charge is 0.434 e. The van der Waals surface area contributed by atoms with Crippen LogP contribution >= 0.6 is 0 Å². The maximum absolute atomic E-state index is 14.4. The molecule has 0 unspecified atom stereocenters. The van der Waals surface area contributed by atoms with Gasteiger partial charge in [-0.25, -0.2) is 13.8 Å². The molecule has 0 saturated heterocycles. The highest BCUT2D eigenvalue weighted by Crippen LogP contribution is 2.33. The van der Waals surface area contributed by atoms with Gasteiger partial charge in [0.25, 0.3) is 6.02 Å². The van der Waals surface area contributed by atoms with Gasteiger partial charge < -0.3 is 10.5 Å². The molecule has 1 atom stereocenters. The number of nitrogens with two attached hydrogens (primary N) is 1. The monoisotopic (exact) mass is 368 g/mol. The number of hydrogen-bond acceptors (Lipinski definition) is 6. The third kappa shape index (κ3) is 3.67. The number of hydrogen-bond donors (Lipinski definition) is 1. The van der Waals surface area contributed by atoms with Crippen LogP contribution < -0.4 is 5.73 Å². The van der Waals surface area contributed by atoms with Gasteiger partial charge in [-0.15, -0.1) is 0 Å². The number of carbonyl (C=O) groups excluding carboxylic acids is 1. The number of nitriles is 1. The van der Waals surface area contributed by atoms with Gasteiger partial charge >= 0.3 is 0 Å². The summed E-state index contributed by atoms with van der Waals surface area (Å²) in [6, 6.07) is 8.53. The molecule has 0 fully saturated rings. The SMILES string of the molecule is N#Cc1ccc(C(=O)Cc2ccc(F)c([C@]3(CF)C=COC(N)=N3)c2)nc1. The molecule has 1 aliphatic heterocycles. The number of ether oxygens (including phenoxy) is 1. The van der Waals surface area contributed by atoms with E-state index in [0.717, 1.165) is 12.3 Å². The Morgan fingerprint density at radius 3 is 2.78 bits per heavy atom. The molecule has 27 heavy (non-hydrogen) atoms. The van der Waals surface area contributed by atoms with E-state index in [1.807, 2.05) is 6.07 Å². The summed E-state index contributed by atoms with van der Waals surface area (Å²) in [7, 11) is 0. The van der Waals surface area contributed by atoms with E-state index in [1.54, 1.807) is 0 Å². The molecule has 6 nitrogen and oxygen atoms in total. The van der Waals surface area contributed by atoms with Gasteiger partial charge in [0.2, 0.25) is 0 Å². The molecule has 1 aliphatic rings. The fourth-order valence-corrected chi connectivity index (χ4v) is 2.69. The molecule has 0 spiro atoms.